The molecule has 1 aliphatic heterocycles. The van der Waals surface area contributed by atoms with Crippen LogP contribution >= 0.6 is 35.3 Å². The molecule has 0 saturated carbocycles. The number of carbonyl (C=O) groups excluding carboxylic acids is 1. The summed E-state index contributed by atoms with van der Waals surface area (Å²) in [5, 5.41) is 11.2. The Morgan fingerprint density at radius 1 is 1.36 bits per heavy atom. The highest BCUT2D eigenvalue weighted by Gasteiger charge is 2.28. The van der Waals surface area contributed by atoms with Crippen molar-refractivity contribution in [1.82, 2.24) is 16.0 Å². The maximum absolute atomic E-state index is 12.0. The van der Waals surface area contributed by atoms with Gasteiger partial charge in [-0.05, 0) is 24.8 Å². The van der Waals surface area contributed by atoms with E-state index in [0.717, 1.165) is 6.54 Å². The van der Waals surface area contributed by atoms with Gasteiger partial charge in [0.2, 0.25) is 5.91 Å². The molecule has 1 atom stereocenters. The fourth-order valence-corrected chi connectivity index (χ4v) is 5.38. The number of halogens is 1. The summed E-state index contributed by atoms with van der Waals surface area (Å²) >= 11 is 1.73. The lowest BCUT2D eigenvalue weighted by Crippen LogP contribution is -2.41. The van der Waals surface area contributed by atoms with Crippen molar-refractivity contribution < 1.29 is 13.2 Å². The highest BCUT2D eigenvalue weighted by atomic mass is 127. The number of nitrogens with zero attached hydrogens (tertiary/aromatic N) is 1. The third kappa shape index (κ3) is 8.24. The standard InChI is InChI=1S/C18H30N4O3S2.HI/c1-4-19-17(21-13-18(2,3)15-6-5-10-26-15)20-9-7-16(23)22-14-8-11-27(24,25)12-14;/h5-6,10,14H,4,7-9,11-13H2,1-3H3,(H,22,23)(H2,19,20,21);1H. The zero-order valence-corrected chi connectivity index (χ0v) is 20.6. The van der Waals surface area contributed by atoms with E-state index in [-0.39, 0.29) is 59.3 Å². The van der Waals surface area contributed by atoms with Crippen molar-refractivity contribution >= 4 is 57.0 Å². The maximum atomic E-state index is 12.0. The largest absolute Gasteiger partial charge is 0.357 e. The van der Waals surface area contributed by atoms with Crippen LogP contribution in [-0.2, 0) is 20.0 Å². The number of sulfone groups is 1. The lowest BCUT2D eigenvalue weighted by molar-refractivity contribution is -0.121. The average molecular weight is 543 g/mol. The molecule has 28 heavy (non-hydrogen) atoms. The summed E-state index contributed by atoms with van der Waals surface area (Å²) in [7, 11) is -2.98. The minimum absolute atomic E-state index is 0. The highest BCUT2D eigenvalue weighted by Crippen LogP contribution is 2.27. The van der Waals surface area contributed by atoms with Crippen molar-refractivity contribution in [2.24, 2.45) is 4.99 Å². The van der Waals surface area contributed by atoms with Crippen LogP contribution in [0.1, 0.15) is 38.5 Å². The van der Waals surface area contributed by atoms with Crippen molar-refractivity contribution in [3.8, 4) is 0 Å². The first-order valence-corrected chi connectivity index (χ1v) is 12.0. The highest BCUT2D eigenvalue weighted by molar-refractivity contribution is 14.0. The predicted molar refractivity (Wildman–Crippen MR) is 127 cm³/mol. The van der Waals surface area contributed by atoms with Crippen molar-refractivity contribution in [3.05, 3.63) is 22.4 Å². The van der Waals surface area contributed by atoms with Gasteiger partial charge in [0.15, 0.2) is 15.8 Å². The molecular weight excluding hydrogens is 511 g/mol. The van der Waals surface area contributed by atoms with Gasteiger partial charge in [-0.25, -0.2) is 8.42 Å². The fraction of sp³-hybridized carbons (Fsp3) is 0.667. The van der Waals surface area contributed by atoms with Gasteiger partial charge in [-0.2, -0.15) is 0 Å². The second kappa shape index (κ2) is 11.3. The second-order valence-corrected chi connectivity index (χ2v) is 10.6. The molecule has 1 saturated heterocycles. The third-order valence-electron chi connectivity index (χ3n) is 4.41. The Hall–Kier alpha value is -0.880. The molecule has 10 heteroatoms. The molecule has 1 amide bonds. The van der Waals surface area contributed by atoms with E-state index in [9.17, 15) is 13.2 Å². The van der Waals surface area contributed by atoms with Gasteiger partial charge in [-0.15, -0.1) is 35.3 Å². The Balaban J connectivity index is 0.00000392. The molecule has 0 spiro atoms. The number of aliphatic imine (C=N–C) groups is 1. The second-order valence-electron chi connectivity index (χ2n) is 7.40. The van der Waals surface area contributed by atoms with Crippen LogP contribution in [0.2, 0.25) is 0 Å². The molecule has 2 heterocycles. The van der Waals surface area contributed by atoms with Crippen LogP contribution in [0.4, 0.5) is 0 Å². The van der Waals surface area contributed by atoms with Crippen LogP contribution < -0.4 is 16.0 Å². The molecule has 1 aromatic rings. The number of guanidine groups is 1. The molecule has 1 fully saturated rings. The summed E-state index contributed by atoms with van der Waals surface area (Å²) in [6.07, 6.45) is 0.776. The first-order valence-electron chi connectivity index (χ1n) is 9.28. The first-order chi connectivity index (χ1) is 12.7. The van der Waals surface area contributed by atoms with Gasteiger partial charge < -0.3 is 16.0 Å². The molecule has 0 aliphatic carbocycles. The number of amides is 1. The molecule has 2 rings (SSSR count). The quantitative estimate of drug-likeness (QED) is 0.265. The summed E-state index contributed by atoms with van der Waals surface area (Å²) in [5.41, 5.74) is -0.0537. The van der Waals surface area contributed by atoms with E-state index >= 15 is 0 Å². The van der Waals surface area contributed by atoms with Crippen LogP contribution in [0.5, 0.6) is 0 Å². The fourth-order valence-electron chi connectivity index (χ4n) is 2.86. The van der Waals surface area contributed by atoms with Crippen LogP contribution in [0, 0.1) is 0 Å². The van der Waals surface area contributed by atoms with Crippen LogP contribution in [-0.4, -0.2) is 57.5 Å². The molecular formula is C18H31IN4O3S2. The molecule has 0 bridgehead atoms. The van der Waals surface area contributed by atoms with Crippen molar-refractivity contribution in [3.63, 3.8) is 0 Å². The molecule has 1 aliphatic rings. The molecule has 0 aromatic carbocycles. The summed E-state index contributed by atoms with van der Waals surface area (Å²) in [5.74, 6) is 0.749. The first kappa shape index (κ1) is 25.2. The minimum Gasteiger partial charge on any atom is -0.357 e. The lowest BCUT2D eigenvalue weighted by atomic mass is 9.92. The molecule has 160 valence electrons. The normalized spacial score (nSPS) is 19.0. The van der Waals surface area contributed by atoms with E-state index in [0.29, 0.717) is 25.5 Å². The number of carbonyl (C=O) groups is 1. The Morgan fingerprint density at radius 2 is 2.11 bits per heavy atom. The number of thiophene rings is 1. The van der Waals surface area contributed by atoms with Gasteiger partial charge in [-0.1, -0.05) is 19.9 Å². The molecule has 7 nitrogen and oxygen atoms in total. The maximum Gasteiger partial charge on any atom is 0.222 e. The third-order valence-corrected chi connectivity index (χ3v) is 7.41. The molecule has 1 unspecified atom stereocenters. The van der Waals surface area contributed by atoms with Gasteiger partial charge in [0.25, 0.3) is 0 Å². The summed E-state index contributed by atoms with van der Waals surface area (Å²) in [6, 6.07) is 3.91. The van der Waals surface area contributed by atoms with Crippen molar-refractivity contribution in [2.45, 2.75) is 45.1 Å². The van der Waals surface area contributed by atoms with Gasteiger partial charge >= 0.3 is 0 Å². The van der Waals surface area contributed by atoms with Gasteiger partial charge in [0.1, 0.15) is 0 Å². The summed E-state index contributed by atoms with van der Waals surface area (Å²) in [4.78, 5) is 18.0. The molecule has 3 N–H and O–H groups in total. The summed E-state index contributed by atoms with van der Waals surface area (Å²) < 4.78 is 22.9. The zero-order chi connectivity index (χ0) is 19.9. The zero-order valence-electron chi connectivity index (χ0n) is 16.7. The Bertz CT molecular complexity index is 749. The predicted octanol–water partition coefficient (Wildman–Crippen LogP) is 1.89. The van der Waals surface area contributed by atoms with Crippen LogP contribution in [0.25, 0.3) is 0 Å². The molecule has 1 aromatic heterocycles. The number of hydrogen-bond acceptors (Lipinski definition) is 5. The lowest BCUT2D eigenvalue weighted by Gasteiger charge is -2.22. The van der Waals surface area contributed by atoms with E-state index in [2.05, 4.69) is 46.2 Å². The SMILES string of the molecule is CCNC(=NCC(C)(C)c1cccs1)NCCC(=O)NC1CCS(=O)(=O)C1.I. The monoisotopic (exact) mass is 542 g/mol. The van der Waals surface area contributed by atoms with Crippen LogP contribution in [0.3, 0.4) is 0 Å². The Labute approximate surface area is 189 Å². The van der Waals surface area contributed by atoms with Gasteiger partial charge in [0, 0.05) is 35.8 Å². The number of rotatable bonds is 8. The average Bonchev–Trinajstić information content (AvgIpc) is 3.23. The van der Waals surface area contributed by atoms with E-state index < -0.39 is 9.84 Å². The number of hydrogen-bond donors (Lipinski definition) is 3. The van der Waals surface area contributed by atoms with Crippen molar-refractivity contribution in [2.75, 3.05) is 31.1 Å². The smallest absolute Gasteiger partial charge is 0.222 e. The summed E-state index contributed by atoms with van der Waals surface area (Å²) in [6.45, 7) is 8.13. The van der Waals surface area contributed by atoms with Gasteiger partial charge in [-0.3, -0.25) is 9.79 Å². The minimum atomic E-state index is -2.98. The Morgan fingerprint density at radius 3 is 2.68 bits per heavy atom. The van der Waals surface area contributed by atoms with E-state index in [4.69, 9.17) is 0 Å². The van der Waals surface area contributed by atoms with E-state index in [1.807, 2.05) is 13.0 Å². The van der Waals surface area contributed by atoms with Crippen molar-refractivity contribution in [1.29, 1.82) is 0 Å². The van der Waals surface area contributed by atoms with Gasteiger partial charge in [0.05, 0.1) is 18.1 Å². The number of nitrogens with one attached hydrogen (secondary N) is 3. The Kier molecular flexibility index (Phi) is 10.2. The van der Waals surface area contributed by atoms with Crippen LogP contribution in [0.15, 0.2) is 22.5 Å². The van der Waals surface area contributed by atoms with E-state index in [1.165, 1.54) is 4.88 Å². The topological polar surface area (TPSA) is 99.7 Å². The molecule has 0 radical (unpaired) electrons. The van der Waals surface area contributed by atoms with E-state index in [1.54, 1.807) is 11.3 Å².